The summed E-state index contributed by atoms with van der Waals surface area (Å²) in [6, 6.07) is 7.89. The van der Waals surface area contributed by atoms with Crippen LogP contribution in [-0.4, -0.2) is 35.2 Å². The number of nitrogens with zero attached hydrogens (tertiary/aromatic N) is 1. The molecule has 1 N–H and O–H groups in total. The lowest BCUT2D eigenvalue weighted by Gasteiger charge is -2.21. The minimum Gasteiger partial charge on any atom is -0.481 e. The number of carboxylic acid groups (broad SMARTS) is 1. The SMILES string of the molecule is CC(C)c1ccc(N2C[C@@]34C=C[C@@H](O3)[C@H](C(=O)O)[C@@H]4C2=O)cc1. The van der Waals surface area contributed by atoms with Crippen molar-refractivity contribution >= 4 is 17.6 Å². The molecule has 0 saturated carbocycles. The van der Waals surface area contributed by atoms with Gasteiger partial charge in [-0.1, -0.05) is 38.1 Å². The minimum atomic E-state index is -0.961. The van der Waals surface area contributed by atoms with E-state index in [4.69, 9.17) is 4.74 Å². The third kappa shape index (κ3) is 1.89. The number of carbonyl (C=O) groups excluding carboxylic acids is 1. The molecule has 2 bridgehead atoms. The van der Waals surface area contributed by atoms with E-state index < -0.39 is 29.5 Å². The molecule has 1 aromatic rings. The van der Waals surface area contributed by atoms with E-state index in [1.54, 1.807) is 11.0 Å². The van der Waals surface area contributed by atoms with E-state index in [0.717, 1.165) is 5.69 Å². The van der Waals surface area contributed by atoms with Crippen LogP contribution in [0.15, 0.2) is 36.4 Å². The highest BCUT2D eigenvalue weighted by molar-refractivity contribution is 6.02. The lowest BCUT2D eigenvalue weighted by Crippen LogP contribution is -2.39. The fourth-order valence-electron chi connectivity index (χ4n) is 4.04. The number of carboxylic acids is 1. The van der Waals surface area contributed by atoms with E-state index >= 15 is 0 Å². The third-order valence-corrected chi connectivity index (χ3v) is 5.26. The van der Waals surface area contributed by atoms with Crippen molar-refractivity contribution in [2.75, 3.05) is 11.4 Å². The Balaban J connectivity index is 1.67. The van der Waals surface area contributed by atoms with Crippen molar-refractivity contribution in [2.24, 2.45) is 11.8 Å². The molecule has 1 amide bonds. The van der Waals surface area contributed by atoms with Gasteiger partial charge in [-0.15, -0.1) is 0 Å². The van der Waals surface area contributed by atoms with Crippen molar-refractivity contribution < 1.29 is 19.4 Å². The first-order chi connectivity index (χ1) is 10.9. The standard InChI is InChI=1S/C18H19NO4/c1-10(2)11-3-5-12(6-4-11)19-9-18-8-7-13(23-18)14(17(21)22)15(18)16(19)20/h3-8,10,13-15H,9H2,1-2H3,(H,21,22)/t13-,14+,15-,18-/m1/s1. The number of fused-ring (bicyclic) bond motifs is 1. The molecule has 2 saturated heterocycles. The van der Waals surface area contributed by atoms with Gasteiger partial charge < -0.3 is 14.7 Å². The molecule has 0 radical (unpaired) electrons. The number of hydrogen-bond acceptors (Lipinski definition) is 3. The van der Waals surface area contributed by atoms with Gasteiger partial charge in [-0.05, 0) is 23.6 Å². The number of amides is 1. The van der Waals surface area contributed by atoms with Crippen molar-refractivity contribution in [3.8, 4) is 0 Å². The number of aliphatic carboxylic acids is 1. The van der Waals surface area contributed by atoms with E-state index in [-0.39, 0.29) is 5.91 Å². The summed E-state index contributed by atoms with van der Waals surface area (Å²) in [6.07, 6.45) is 3.18. The summed E-state index contributed by atoms with van der Waals surface area (Å²) in [5.41, 5.74) is 1.23. The first-order valence-electron chi connectivity index (χ1n) is 7.94. The van der Waals surface area contributed by atoms with Gasteiger partial charge in [0.2, 0.25) is 5.91 Å². The van der Waals surface area contributed by atoms with Gasteiger partial charge in [0.05, 0.1) is 18.6 Å². The number of carbonyl (C=O) groups is 2. The Hall–Kier alpha value is -2.14. The number of rotatable bonds is 3. The summed E-state index contributed by atoms with van der Waals surface area (Å²) in [6.45, 7) is 4.62. The van der Waals surface area contributed by atoms with E-state index in [0.29, 0.717) is 12.5 Å². The molecule has 0 unspecified atom stereocenters. The number of ether oxygens (including phenoxy) is 1. The second-order valence-electron chi connectivity index (χ2n) is 6.91. The van der Waals surface area contributed by atoms with Crippen LogP contribution in [0, 0.1) is 11.8 Å². The van der Waals surface area contributed by atoms with Gasteiger partial charge in [0.15, 0.2) is 0 Å². The van der Waals surface area contributed by atoms with Crippen LogP contribution >= 0.6 is 0 Å². The first kappa shape index (κ1) is 14.5. The summed E-state index contributed by atoms with van der Waals surface area (Å²) in [5, 5.41) is 9.47. The van der Waals surface area contributed by atoms with Gasteiger partial charge >= 0.3 is 5.97 Å². The topological polar surface area (TPSA) is 66.8 Å². The molecule has 1 aromatic carbocycles. The minimum absolute atomic E-state index is 0.151. The summed E-state index contributed by atoms with van der Waals surface area (Å²) in [5.74, 6) is -2.10. The Morgan fingerprint density at radius 2 is 2.04 bits per heavy atom. The number of anilines is 1. The van der Waals surface area contributed by atoms with Gasteiger partial charge in [-0.25, -0.2) is 0 Å². The van der Waals surface area contributed by atoms with Crippen molar-refractivity contribution in [3.05, 3.63) is 42.0 Å². The van der Waals surface area contributed by atoms with Crippen LogP contribution in [0.2, 0.25) is 0 Å². The maximum absolute atomic E-state index is 12.9. The van der Waals surface area contributed by atoms with Crippen LogP contribution in [0.25, 0.3) is 0 Å². The van der Waals surface area contributed by atoms with Gasteiger partial charge in [-0.2, -0.15) is 0 Å². The van der Waals surface area contributed by atoms with Crippen LogP contribution in [0.3, 0.4) is 0 Å². The summed E-state index contributed by atoms with van der Waals surface area (Å²) in [4.78, 5) is 26.1. The monoisotopic (exact) mass is 313 g/mol. The molecule has 2 fully saturated rings. The summed E-state index contributed by atoms with van der Waals surface area (Å²) >= 11 is 0. The highest BCUT2D eigenvalue weighted by Gasteiger charge is 2.67. The predicted octanol–water partition coefficient (Wildman–Crippen LogP) is 2.18. The van der Waals surface area contributed by atoms with Crippen LogP contribution in [0.4, 0.5) is 5.69 Å². The van der Waals surface area contributed by atoms with Gasteiger partial charge in [-0.3, -0.25) is 9.59 Å². The Bertz CT molecular complexity index is 708. The van der Waals surface area contributed by atoms with Crippen LogP contribution in [0.1, 0.15) is 25.3 Å². The second kappa shape index (κ2) is 4.68. The molecule has 3 aliphatic heterocycles. The van der Waals surface area contributed by atoms with Crippen LogP contribution in [-0.2, 0) is 14.3 Å². The summed E-state index contributed by atoms with van der Waals surface area (Å²) < 4.78 is 5.89. The van der Waals surface area contributed by atoms with Gasteiger partial charge in [0.1, 0.15) is 11.5 Å². The van der Waals surface area contributed by atoms with Gasteiger partial charge in [0.25, 0.3) is 0 Å². The molecule has 0 aromatic heterocycles. The lowest BCUT2D eigenvalue weighted by molar-refractivity contribution is -0.146. The molecule has 4 atom stereocenters. The normalized spacial score (nSPS) is 34.5. The highest BCUT2D eigenvalue weighted by atomic mass is 16.5. The van der Waals surface area contributed by atoms with E-state index in [9.17, 15) is 14.7 Å². The molecular weight excluding hydrogens is 294 g/mol. The molecule has 5 nitrogen and oxygen atoms in total. The highest BCUT2D eigenvalue weighted by Crippen LogP contribution is 2.52. The zero-order chi connectivity index (χ0) is 16.4. The largest absolute Gasteiger partial charge is 0.481 e. The molecular formula is C18H19NO4. The zero-order valence-corrected chi connectivity index (χ0v) is 13.1. The smallest absolute Gasteiger partial charge is 0.310 e. The van der Waals surface area contributed by atoms with Gasteiger partial charge in [0, 0.05) is 5.69 Å². The fraction of sp³-hybridized carbons (Fsp3) is 0.444. The second-order valence-corrected chi connectivity index (χ2v) is 6.91. The van der Waals surface area contributed by atoms with E-state index in [1.165, 1.54) is 5.56 Å². The Morgan fingerprint density at radius 1 is 1.35 bits per heavy atom. The van der Waals surface area contributed by atoms with Crippen molar-refractivity contribution in [2.45, 2.75) is 31.5 Å². The molecule has 1 spiro atoms. The molecule has 3 aliphatic rings. The Kier molecular flexibility index (Phi) is 2.94. The fourth-order valence-corrected chi connectivity index (χ4v) is 4.04. The maximum Gasteiger partial charge on any atom is 0.310 e. The van der Waals surface area contributed by atoms with Crippen molar-refractivity contribution in [1.82, 2.24) is 0 Å². The third-order valence-electron chi connectivity index (χ3n) is 5.26. The molecule has 3 heterocycles. The van der Waals surface area contributed by atoms with Crippen molar-refractivity contribution in [3.63, 3.8) is 0 Å². The van der Waals surface area contributed by atoms with Crippen molar-refractivity contribution in [1.29, 1.82) is 0 Å². The zero-order valence-electron chi connectivity index (χ0n) is 13.1. The van der Waals surface area contributed by atoms with E-state index in [2.05, 4.69) is 13.8 Å². The predicted molar refractivity (Wildman–Crippen MR) is 84.2 cm³/mol. The van der Waals surface area contributed by atoms with Crippen LogP contribution < -0.4 is 4.90 Å². The Labute approximate surface area is 134 Å². The quantitative estimate of drug-likeness (QED) is 0.869. The molecule has 0 aliphatic carbocycles. The molecule has 23 heavy (non-hydrogen) atoms. The average Bonchev–Trinajstić information content (AvgIpc) is 3.15. The maximum atomic E-state index is 12.9. The van der Waals surface area contributed by atoms with E-state index in [1.807, 2.05) is 30.3 Å². The first-order valence-corrected chi connectivity index (χ1v) is 7.94. The molecule has 5 heteroatoms. The molecule has 4 rings (SSSR count). The van der Waals surface area contributed by atoms with Crippen LogP contribution in [0.5, 0.6) is 0 Å². The number of hydrogen-bond donors (Lipinski definition) is 1. The number of benzene rings is 1. The molecule has 120 valence electrons. The summed E-state index contributed by atoms with van der Waals surface area (Å²) in [7, 11) is 0. The average molecular weight is 313 g/mol. The Morgan fingerprint density at radius 3 is 2.65 bits per heavy atom. The lowest BCUT2D eigenvalue weighted by atomic mass is 9.77.